The third-order valence-corrected chi connectivity index (χ3v) is 6.15. The van der Waals surface area contributed by atoms with Crippen LogP contribution in [0.1, 0.15) is 43.6 Å². The van der Waals surface area contributed by atoms with Crippen molar-refractivity contribution in [1.29, 1.82) is 0 Å². The molecule has 7 nitrogen and oxygen atoms in total. The molecule has 2 heterocycles. The van der Waals surface area contributed by atoms with Crippen LogP contribution in [0.25, 0.3) is 0 Å². The maximum Gasteiger partial charge on any atom is 0.240 e. The molecule has 0 spiro atoms. The molecule has 3 rings (SSSR count). The first-order chi connectivity index (χ1) is 13.5. The average Bonchev–Trinajstić information content (AvgIpc) is 3.05. The highest BCUT2D eigenvalue weighted by Crippen LogP contribution is 2.22. The smallest absolute Gasteiger partial charge is 0.240 e. The Hall–Kier alpha value is -1.90. The molecule has 28 heavy (non-hydrogen) atoms. The molecule has 0 saturated carbocycles. The van der Waals surface area contributed by atoms with Crippen molar-refractivity contribution in [3.8, 4) is 5.75 Å². The topological polar surface area (TPSA) is 82.5 Å². The molecule has 1 aromatic carbocycles. The van der Waals surface area contributed by atoms with Crippen LogP contribution in [0.5, 0.6) is 5.75 Å². The van der Waals surface area contributed by atoms with Crippen molar-refractivity contribution in [2.24, 2.45) is 0 Å². The molecule has 0 radical (unpaired) electrons. The van der Waals surface area contributed by atoms with Gasteiger partial charge in [-0.25, -0.2) is 13.1 Å². The van der Waals surface area contributed by atoms with E-state index < -0.39 is 10.0 Å². The summed E-state index contributed by atoms with van der Waals surface area (Å²) in [5.41, 5.74) is 3.28. The molecule has 8 heteroatoms. The predicted molar refractivity (Wildman–Crippen MR) is 107 cm³/mol. The maximum absolute atomic E-state index is 12.5. The lowest BCUT2D eigenvalue weighted by molar-refractivity contribution is 0.108. The summed E-state index contributed by atoms with van der Waals surface area (Å²) in [5, 5.41) is 4.70. The molecule has 2 aromatic rings. The van der Waals surface area contributed by atoms with E-state index in [1.165, 1.54) is 5.69 Å². The predicted octanol–water partition coefficient (Wildman–Crippen LogP) is 2.68. The van der Waals surface area contributed by atoms with Gasteiger partial charge in [0.1, 0.15) is 5.75 Å². The lowest BCUT2D eigenvalue weighted by Gasteiger charge is -2.15. The Kier molecular flexibility index (Phi) is 7.09. The monoisotopic (exact) mass is 407 g/mol. The van der Waals surface area contributed by atoms with Crippen molar-refractivity contribution in [2.45, 2.75) is 57.6 Å². The number of fused-ring (bicyclic) bond motifs is 1. The Balaban J connectivity index is 1.62. The quantitative estimate of drug-likeness (QED) is 0.655. The number of benzene rings is 1. The molecule has 0 amide bonds. The van der Waals surface area contributed by atoms with Crippen molar-refractivity contribution in [3.63, 3.8) is 0 Å². The van der Waals surface area contributed by atoms with Gasteiger partial charge in [-0.15, -0.1) is 0 Å². The van der Waals surface area contributed by atoms with Crippen molar-refractivity contribution in [1.82, 2.24) is 14.5 Å². The lowest BCUT2D eigenvalue weighted by atomic mass is 10.1. The van der Waals surface area contributed by atoms with E-state index in [2.05, 4.69) is 16.3 Å². The first kappa shape index (κ1) is 20.8. The Labute approximate surface area is 167 Å². The van der Waals surface area contributed by atoms with E-state index in [9.17, 15) is 8.42 Å². The molecule has 0 bridgehead atoms. The normalized spacial score (nSPS) is 14.1. The molecular formula is C20H29N3O4S. The van der Waals surface area contributed by atoms with Crippen LogP contribution in [0.2, 0.25) is 0 Å². The Morgan fingerprint density at radius 3 is 2.71 bits per heavy atom. The summed E-state index contributed by atoms with van der Waals surface area (Å²) in [6, 6.07) is 6.51. The Morgan fingerprint density at radius 2 is 2.00 bits per heavy atom. The molecule has 1 N–H and O–H groups in total. The number of ether oxygens (including phenoxy) is 2. The third kappa shape index (κ3) is 4.92. The van der Waals surface area contributed by atoms with Gasteiger partial charge in [0.05, 0.1) is 30.4 Å². The second-order valence-corrected chi connectivity index (χ2v) is 8.63. The number of sulfonamides is 1. The van der Waals surface area contributed by atoms with Gasteiger partial charge in [-0.05, 0) is 37.1 Å². The van der Waals surface area contributed by atoms with E-state index in [0.717, 1.165) is 37.1 Å². The number of aryl methyl sites for hydroxylation is 1. The molecule has 0 atom stereocenters. The second-order valence-electron chi connectivity index (χ2n) is 6.87. The lowest BCUT2D eigenvalue weighted by Crippen LogP contribution is -2.26. The second kappa shape index (κ2) is 9.54. The van der Waals surface area contributed by atoms with Gasteiger partial charge in [0.15, 0.2) is 0 Å². The van der Waals surface area contributed by atoms with Crippen LogP contribution in [-0.2, 0) is 40.8 Å². The number of hydrogen-bond donors (Lipinski definition) is 1. The van der Waals surface area contributed by atoms with Crippen LogP contribution < -0.4 is 9.46 Å². The Morgan fingerprint density at radius 1 is 1.21 bits per heavy atom. The molecule has 0 fully saturated rings. The van der Waals surface area contributed by atoms with E-state index in [1.807, 2.05) is 6.92 Å². The van der Waals surface area contributed by atoms with Gasteiger partial charge in [-0.2, -0.15) is 5.10 Å². The largest absolute Gasteiger partial charge is 0.494 e. The molecule has 1 aliphatic heterocycles. The fourth-order valence-electron chi connectivity index (χ4n) is 3.30. The van der Waals surface area contributed by atoms with Crippen molar-refractivity contribution in [2.75, 3.05) is 19.8 Å². The average molecular weight is 408 g/mol. The van der Waals surface area contributed by atoms with Crippen LogP contribution in [0, 0.1) is 0 Å². The van der Waals surface area contributed by atoms with Crippen LogP contribution in [0.15, 0.2) is 29.2 Å². The highest BCUT2D eigenvalue weighted by molar-refractivity contribution is 7.89. The van der Waals surface area contributed by atoms with E-state index >= 15 is 0 Å². The molecular weight excluding hydrogens is 378 g/mol. The number of hydrogen-bond acceptors (Lipinski definition) is 5. The molecule has 0 aliphatic carbocycles. The molecule has 154 valence electrons. The molecule has 1 aromatic heterocycles. The highest BCUT2D eigenvalue weighted by atomic mass is 32.2. The fraction of sp³-hybridized carbons (Fsp3) is 0.550. The maximum atomic E-state index is 12.5. The minimum atomic E-state index is -3.56. The third-order valence-electron chi connectivity index (χ3n) is 4.68. The van der Waals surface area contributed by atoms with E-state index in [-0.39, 0.29) is 4.90 Å². The van der Waals surface area contributed by atoms with Gasteiger partial charge in [-0.1, -0.05) is 13.8 Å². The fourth-order valence-corrected chi connectivity index (χ4v) is 4.33. The molecule has 0 saturated heterocycles. The van der Waals surface area contributed by atoms with E-state index in [4.69, 9.17) is 14.6 Å². The highest BCUT2D eigenvalue weighted by Gasteiger charge is 2.21. The zero-order chi connectivity index (χ0) is 20.0. The Bertz CT molecular complexity index is 876. The standard InChI is InChI=1S/C20H29N3O4S/c1-3-12-23-20-10-14-26-15-18(20)19(22-23)9-11-21-28(24,25)17-7-5-16(6-8-17)27-13-4-2/h5-8,21H,3-4,9-15H2,1-2H3. The summed E-state index contributed by atoms with van der Waals surface area (Å²) in [6.07, 6.45) is 3.32. The summed E-state index contributed by atoms with van der Waals surface area (Å²) in [4.78, 5) is 0.234. The van der Waals surface area contributed by atoms with Crippen molar-refractivity contribution in [3.05, 3.63) is 41.2 Å². The van der Waals surface area contributed by atoms with E-state index in [0.29, 0.717) is 38.5 Å². The number of nitrogens with one attached hydrogen (secondary N) is 1. The number of rotatable bonds is 10. The van der Waals surface area contributed by atoms with Crippen LogP contribution >= 0.6 is 0 Å². The first-order valence-corrected chi connectivity index (χ1v) is 11.4. The summed E-state index contributed by atoms with van der Waals surface area (Å²) >= 11 is 0. The SMILES string of the molecule is CCCOc1ccc(S(=O)(=O)NCCc2nn(CCC)c3c2COCC3)cc1. The molecule has 1 aliphatic rings. The summed E-state index contributed by atoms with van der Waals surface area (Å²) in [5.74, 6) is 0.675. The minimum Gasteiger partial charge on any atom is -0.494 e. The minimum absolute atomic E-state index is 0.234. The van der Waals surface area contributed by atoms with Gasteiger partial charge >= 0.3 is 0 Å². The van der Waals surface area contributed by atoms with Gasteiger partial charge in [0, 0.05) is 37.2 Å². The summed E-state index contributed by atoms with van der Waals surface area (Å²) in [7, 11) is -3.56. The van der Waals surface area contributed by atoms with Crippen LogP contribution in [0.3, 0.4) is 0 Å². The van der Waals surface area contributed by atoms with Gasteiger partial charge in [-0.3, -0.25) is 4.68 Å². The van der Waals surface area contributed by atoms with Gasteiger partial charge in [0.2, 0.25) is 10.0 Å². The zero-order valence-corrected chi connectivity index (χ0v) is 17.4. The first-order valence-electron chi connectivity index (χ1n) is 9.92. The molecule has 0 unspecified atom stereocenters. The van der Waals surface area contributed by atoms with Crippen molar-refractivity contribution >= 4 is 10.0 Å². The van der Waals surface area contributed by atoms with Gasteiger partial charge in [0.25, 0.3) is 0 Å². The van der Waals surface area contributed by atoms with Gasteiger partial charge < -0.3 is 9.47 Å². The van der Waals surface area contributed by atoms with Crippen LogP contribution in [0.4, 0.5) is 0 Å². The summed E-state index contributed by atoms with van der Waals surface area (Å²) < 4.78 is 40.9. The zero-order valence-electron chi connectivity index (χ0n) is 16.6. The summed E-state index contributed by atoms with van der Waals surface area (Å²) in [6.45, 7) is 7.21. The van der Waals surface area contributed by atoms with E-state index in [1.54, 1.807) is 24.3 Å². The number of aromatic nitrogens is 2. The number of nitrogens with zero attached hydrogens (tertiary/aromatic N) is 2. The van der Waals surface area contributed by atoms with Crippen LogP contribution in [-0.4, -0.2) is 38.0 Å². The van der Waals surface area contributed by atoms with Crippen molar-refractivity contribution < 1.29 is 17.9 Å².